The van der Waals surface area contributed by atoms with Crippen molar-refractivity contribution in [3.8, 4) is 0 Å². The van der Waals surface area contributed by atoms with Crippen molar-refractivity contribution in [2.45, 2.75) is 31.7 Å². The van der Waals surface area contributed by atoms with Gasteiger partial charge in [-0.2, -0.15) is 4.98 Å². The molecule has 6 heteroatoms. The van der Waals surface area contributed by atoms with Gasteiger partial charge in [0.2, 0.25) is 5.89 Å². The van der Waals surface area contributed by atoms with E-state index < -0.39 is 0 Å². The van der Waals surface area contributed by atoms with E-state index in [1.54, 1.807) is 6.20 Å². The summed E-state index contributed by atoms with van der Waals surface area (Å²) in [4.78, 5) is 8.79. The number of aromatic nitrogens is 3. The minimum Gasteiger partial charge on any atom is -0.379 e. The van der Waals surface area contributed by atoms with Crippen LogP contribution in [0.15, 0.2) is 28.9 Å². The topological polar surface area (TPSA) is 73.1 Å². The minimum absolute atomic E-state index is 0.140. The molecule has 0 aromatic carbocycles. The maximum absolute atomic E-state index is 5.55. The second-order valence-corrected chi connectivity index (χ2v) is 5.25. The molecule has 1 aliphatic rings. The molecule has 2 aromatic heterocycles. The number of nitrogens with one attached hydrogen (secondary N) is 1. The quantitative estimate of drug-likeness (QED) is 0.869. The van der Waals surface area contributed by atoms with E-state index in [0.717, 1.165) is 18.7 Å². The minimum atomic E-state index is 0.140. The lowest BCUT2D eigenvalue weighted by Gasteiger charge is -2.14. The molecule has 112 valence electrons. The van der Waals surface area contributed by atoms with Crippen LogP contribution in [0.25, 0.3) is 0 Å². The lowest BCUT2D eigenvalue weighted by atomic mass is 10.0. The Morgan fingerprint density at radius 2 is 2.29 bits per heavy atom. The fraction of sp³-hybridized carbons (Fsp3) is 0.533. The van der Waals surface area contributed by atoms with Crippen LogP contribution < -0.4 is 5.32 Å². The van der Waals surface area contributed by atoms with Crippen molar-refractivity contribution < 1.29 is 9.26 Å². The van der Waals surface area contributed by atoms with Crippen molar-refractivity contribution >= 4 is 0 Å². The summed E-state index contributed by atoms with van der Waals surface area (Å²) in [6.07, 6.45) is 3.45. The zero-order valence-electron chi connectivity index (χ0n) is 12.2. The fourth-order valence-corrected chi connectivity index (χ4v) is 2.48. The summed E-state index contributed by atoms with van der Waals surface area (Å²) >= 11 is 0. The van der Waals surface area contributed by atoms with E-state index in [0.29, 0.717) is 31.3 Å². The van der Waals surface area contributed by atoms with Crippen LogP contribution in [0.1, 0.15) is 36.7 Å². The van der Waals surface area contributed by atoms with E-state index in [4.69, 9.17) is 9.26 Å². The molecular formula is C15H20N4O2. The van der Waals surface area contributed by atoms with Crippen LogP contribution in [-0.4, -0.2) is 40.9 Å². The number of pyridine rings is 1. The van der Waals surface area contributed by atoms with Crippen molar-refractivity contribution in [2.24, 2.45) is 0 Å². The molecule has 1 aliphatic heterocycles. The number of ether oxygens (including phenoxy) is 1. The van der Waals surface area contributed by atoms with Gasteiger partial charge in [-0.1, -0.05) is 18.1 Å². The molecule has 0 radical (unpaired) electrons. The average Bonchev–Trinajstić information content (AvgIpc) is 3.15. The second-order valence-electron chi connectivity index (χ2n) is 5.25. The maximum atomic E-state index is 5.55. The number of hydrogen-bond acceptors (Lipinski definition) is 6. The normalized spacial score (nSPS) is 21.8. The number of hydrogen-bond donors (Lipinski definition) is 1. The van der Waals surface area contributed by atoms with Crippen molar-refractivity contribution in [3.63, 3.8) is 0 Å². The van der Waals surface area contributed by atoms with E-state index >= 15 is 0 Å². The smallest absolute Gasteiger partial charge is 0.233 e. The second kappa shape index (κ2) is 6.78. The Morgan fingerprint density at radius 1 is 1.33 bits per heavy atom. The summed E-state index contributed by atoms with van der Waals surface area (Å²) in [5.74, 6) is 1.47. The third-order valence-corrected chi connectivity index (χ3v) is 3.60. The van der Waals surface area contributed by atoms with Gasteiger partial charge in [-0.3, -0.25) is 4.98 Å². The summed E-state index contributed by atoms with van der Waals surface area (Å²) < 4.78 is 11.0. The van der Waals surface area contributed by atoms with Crippen molar-refractivity contribution in [1.29, 1.82) is 0 Å². The van der Waals surface area contributed by atoms with E-state index in [9.17, 15) is 0 Å². The van der Waals surface area contributed by atoms with Crippen LogP contribution in [0, 0.1) is 0 Å². The van der Waals surface area contributed by atoms with Crippen LogP contribution in [0.5, 0.6) is 0 Å². The summed E-state index contributed by atoms with van der Waals surface area (Å²) in [6.45, 7) is 4.45. The first-order valence-electron chi connectivity index (χ1n) is 7.40. The standard InChI is InChI=1S/C15H20N4O2/c1-2-6-17-13-10-20-9-12(13)15-18-14(19-21-15)8-11-5-3-4-7-16-11/h3-5,7,12-13,17H,2,6,8-10H2,1H3. The molecule has 0 aliphatic carbocycles. The third kappa shape index (κ3) is 3.46. The zero-order chi connectivity index (χ0) is 14.5. The Labute approximate surface area is 123 Å². The van der Waals surface area contributed by atoms with E-state index in [-0.39, 0.29) is 12.0 Å². The Kier molecular flexibility index (Phi) is 4.57. The highest BCUT2D eigenvalue weighted by Gasteiger charge is 2.33. The van der Waals surface area contributed by atoms with Crippen molar-refractivity contribution in [2.75, 3.05) is 19.8 Å². The first-order valence-corrected chi connectivity index (χ1v) is 7.40. The van der Waals surface area contributed by atoms with Crippen LogP contribution in [0.4, 0.5) is 0 Å². The van der Waals surface area contributed by atoms with Gasteiger partial charge in [-0.25, -0.2) is 0 Å². The highest BCUT2D eigenvalue weighted by Crippen LogP contribution is 2.24. The van der Waals surface area contributed by atoms with Crippen molar-refractivity contribution in [1.82, 2.24) is 20.4 Å². The SMILES string of the molecule is CCCNC1COCC1c1nc(Cc2ccccn2)no1. The maximum Gasteiger partial charge on any atom is 0.233 e. The number of nitrogens with zero attached hydrogens (tertiary/aromatic N) is 3. The molecule has 0 amide bonds. The van der Waals surface area contributed by atoms with Gasteiger partial charge in [-0.05, 0) is 25.1 Å². The molecule has 2 atom stereocenters. The summed E-state index contributed by atoms with van der Waals surface area (Å²) in [6, 6.07) is 6.07. The van der Waals surface area contributed by atoms with Crippen LogP contribution >= 0.6 is 0 Å². The molecule has 3 rings (SSSR count). The van der Waals surface area contributed by atoms with E-state index in [1.807, 2.05) is 18.2 Å². The summed E-state index contributed by atoms with van der Waals surface area (Å²) in [7, 11) is 0. The van der Waals surface area contributed by atoms with Gasteiger partial charge in [0.1, 0.15) is 0 Å². The van der Waals surface area contributed by atoms with Gasteiger partial charge in [0.05, 0.1) is 25.6 Å². The Hall–Kier alpha value is -1.79. The number of rotatable bonds is 6. The first-order chi connectivity index (χ1) is 10.4. The molecule has 21 heavy (non-hydrogen) atoms. The largest absolute Gasteiger partial charge is 0.379 e. The molecule has 3 heterocycles. The molecule has 1 saturated heterocycles. The molecule has 2 aromatic rings. The highest BCUT2D eigenvalue weighted by atomic mass is 16.5. The third-order valence-electron chi connectivity index (χ3n) is 3.60. The molecule has 0 bridgehead atoms. The average molecular weight is 288 g/mol. The predicted molar refractivity (Wildman–Crippen MR) is 77.0 cm³/mol. The van der Waals surface area contributed by atoms with Gasteiger partial charge in [0.25, 0.3) is 0 Å². The van der Waals surface area contributed by atoms with Crippen molar-refractivity contribution in [3.05, 3.63) is 41.8 Å². The molecule has 6 nitrogen and oxygen atoms in total. The molecule has 0 saturated carbocycles. The summed E-state index contributed by atoms with van der Waals surface area (Å²) in [5, 5.41) is 7.54. The van der Waals surface area contributed by atoms with Gasteiger partial charge >= 0.3 is 0 Å². The first kappa shape index (κ1) is 14.2. The molecular weight excluding hydrogens is 268 g/mol. The zero-order valence-corrected chi connectivity index (χ0v) is 12.2. The molecule has 1 N–H and O–H groups in total. The lowest BCUT2D eigenvalue weighted by molar-refractivity contribution is 0.184. The highest BCUT2D eigenvalue weighted by molar-refractivity contribution is 5.10. The monoisotopic (exact) mass is 288 g/mol. The van der Waals surface area contributed by atoms with Gasteiger partial charge in [0.15, 0.2) is 5.82 Å². The van der Waals surface area contributed by atoms with Crippen LogP contribution in [-0.2, 0) is 11.2 Å². The van der Waals surface area contributed by atoms with E-state index in [1.165, 1.54) is 0 Å². The van der Waals surface area contributed by atoms with Gasteiger partial charge in [-0.15, -0.1) is 0 Å². The van der Waals surface area contributed by atoms with Gasteiger partial charge < -0.3 is 14.6 Å². The van der Waals surface area contributed by atoms with Crippen LogP contribution in [0.3, 0.4) is 0 Å². The lowest BCUT2D eigenvalue weighted by Crippen LogP contribution is -2.35. The van der Waals surface area contributed by atoms with Gasteiger partial charge in [0, 0.05) is 17.9 Å². The Bertz CT molecular complexity index is 558. The summed E-state index contributed by atoms with van der Waals surface area (Å²) in [5.41, 5.74) is 0.938. The molecule has 2 unspecified atom stereocenters. The van der Waals surface area contributed by atoms with Crippen LogP contribution in [0.2, 0.25) is 0 Å². The predicted octanol–water partition coefficient (Wildman–Crippen LogP) is 1.54. The fourth-order valence-electron chi connectivity index (χ4n) is 2.48. The van der Waals surface area contributed by atoms with E-state index in [2.05, 4.69) is 27.4 Å². The Balaban J connectivity index is 1.66. The molecule has 1 fully saturated rings. The molecule has 0 spiro atoms. The Morgan fingerprint density at radius 3 is 3.10 bits per heavy atom.